The number of aromatic hydroxyl groups is 1. The molecule has 100 valence electrons. The second-order valence-electron chi connectivity index (χ2n) is 3.58. The molecular formula is C11H12N4O4. The van der Waals surface area contributed by atoms with E-state index in [1.165, 1.54) is 18.0 Å². The normalized spacial score (nSPS) is 10.2. The van der Waals surface area contributed by atoms with Gasteiger partial charge in [-0.15, -0.1) is 5.10 Å². The minimum absolute atomic E-state index is 0.0196. The van der Waals surface area contributed by atoms with Crippen LogP contribution in [0.4, 0.5) is 0 Å². The summed E-state index contributed by atoms with van der Waals surface area (Å²) < 4.78 is 10.9. The van der Waals surface area contributed by atoms with Crippen LogP contribution in [0.15, 0.2) is 18.3 Å². The Bertz CT molecular complexity index is 596. The van der Waals surface area contributed by atoms with Crippen LogP contribution in [0.25, 0.3) is 11.4 Å². The van der Waals surface area contributed by atoms with E-state index in [0.29, 0.717) is 11.4 Å². The minimum atomic E-state index is -0.529. The van der Waals surface area contributed by atoms with Crippen LogP contribution < -0.4 is 4.74 Å². The lowest BCUT2D eigenvalue weighted by molar-refractivity contribution is -0.143. The summed E-state index contributed by atoms with van der Waals surface area (Å²) in [4.78, 5) is 18.8. The fraction of sp³-hybridized carbons (Fsp3) is 0.273. The third kappa shape index (κ3) is 2.79. The van der Waals surface area contributed by atoms with E-state index >= 15 is 0 Å². The zero-order valence-corrected chi connectivity index (χ0v) is 10.4. The van der Waals surface area contributed by atoms with Crippen molar-refractivity contribution in [1.29, 1.82) is 0 Å². The highest BCUT2D eigenvalue weighted by Crippen LogP contribution is 2.25. The van der Waals surface area contributed by atoms with Gasteiger partial charge in [-0.1, -0.05) is 0 Å². The monoisotopic (exact) mass is 264 g/mol. The van der Waals surface area contributed by atoms with Crippen molar-refractivity contribution in [3.05, 3.63) is 18.3 Å². The van der Waals surface area contributed by atoms with Gasteiger partial charge in [0.25, 0.3) is 0 Å². The molecule has 2 heterocycles. The standard InChI is InChI=1S/C11H12N4O4/c1-15-9(7-4-3-5-12-10(7)17)13-11(14-15)19-6-8(16)18-2/h3-5H,6H2,1-2H3,(H,12,17). The number of carbonyl (C=O) groups excluding carboxylic acids is 1. The number of hydrogen-bond donors (Lipinski definition) is 1. The second-order valence-corrected chi connectivity index (χ2v) is 3.58. The van der Waals surface area contributed by atoms with E-state index in [1.54, 1.807) is 19.2 Å². The van der Waals surface area contributed by atoms with Crippen molar-refractivity contribution in [1.82, 2.24) is 19.7 Å². The van der Waals surface area contributed by atoms with Crippen LogP contribution >= 0.6 is 0 Å². The van der Waals surface area contributed by atoms with Crippen LogP contribution in [0.5, 0.6) is 11.9 Å². The lowest BCUT2D eigenvalue weighted by Gasteiger charge is -2.00. The number of hydrogen-bond acceptors (Lipinski definition) is 7. The summed E-state index contributed by atoms with van der Waals surface area (Å²) in [5.41, 5.74) is 0.422. The zero-order chi connectivity index (χ0) is 13.8. The Balaban J connectivity index is 2.22. The average molecular weight is 264 g/mol. The molecule has 0 bridgehead atoms. The molecule has 8 heteroatoms. The molecule has 0 spiro atoms. The van der Waals surface area contributed by atoms with Gasteiger partial charge in [0.15, 0.2) is 12.4 Å². The quantitative estimate of drug-likeness (QED) is 0.783. The number of ether oxygens (including phenoxy) is 2. The topological polar surface area (TPSA) is 99.4 Å². The summed E-state index contributed by atoms with van der Waals surface area (Å²) >= 11 is 0. The fourth-order valence-corrected chi connectivity index (χ4v) is 1.41. The molecule has 0 fully saturated rings. The molecule has 0 amide bonds. The van der Waals surface area contributed by atoms with Crippen molar-refractivity contribution in [2.24, 2.45) is 7.05 Å². The Morgan fingerprint density at radius 1 is 1.53 bits per heavy atom. The van der Waals surface area contributed by atoms with Crippen molar-refractivity contribution in [3.63, 3.8) is 0 Å². The summed E-state index contributed by atoms with van der Waals surface area (Å²) in [6.45, 7) is -0.279. The van der Waals surface area contributed by atoms with Gasteiger partial charge in [-0.3, -0.25) is 0 Å². The van der Waals surface area contributed by atoms with Crippen LogP contribution in [0, 0.1) is 0 Å². The van der Waals surface area contributed by atoms with Crippen LogP contribution in [0.1, 0.15) is 0 Å². The van der Waals surface area contributed by atoms with Gasteiger partial charge in [0.2, 0.25) is 5.88 Å². The van der Waals surface area contributed by atoms with Crippen molar-refractivity contribution >= 4 is 5.97 Å². The maximum Gasteiger partial charge on any atom is 0.344 e. The van der Waals surface area contributed by atoms with Crippen LogP contribution in [-0.2, 0) is 16.6 Å². The number of pyridine rings is 1. The summed E-state index contributed by atoms with van der Waals surface area (Å²) in [6, 6.07) is 3.33. The predicted octanol–water partition coefficient (Wildman–Crippen LogP) is 0.134. The Hall–Kier alpha value is -2.64. The van der Waals surface area contributed by atoms with E-state index in [9.17, 15) is 9.90 Å². The van der Waals surface area contributed by atoms with Crippen LogP contribution in [0.2, 0.25) is 0 Å². The highest BCUT2D eigenvalue weighted by atomic mass is 16.6. The summed E-state index contributed by atoms with van der Waals surface area (Å²) in [6.07, 6.45) is 1.46. The molecule has 0 aliphatic carbocycles. The highest BCUT2D eigenvalue weighted by Gasteiger charge is 2.15. The minimum Gasteiger partial charge on any atom is -0.493 e. The molecule has 0 aliphatic rings. The molecule has 8 nitrogen and oxygen atoms in total. The maximum atomic E-state index is 10.9. The van der Waals surface area contributed by atoms with Gasteiger partial charge in [-0.2, -0.15) is 4.98 Å². The van der Waals surface area contributed by atoms with Crippen molar-refractivity contribution < 1.29 is 19.4 Å². The molecule has 0 aliphatic heterocycles. The molecule has 0 saturated heterocycles. The Morgan fingerprint density at radius 2 is 2.32 bits per heavy atom. The largest absolute Gasteiger partial charge is 0.493 e. The van der Waals surface area contributed by atoms with E-state index in [1.807, 2.05) is 0 Å². The highest BCUT2D eigenvalue weighted by molar-refractivity contribution is 5.70. The van der Waals surface area contributed by atoms with Crippen molar-refractivity contribution in [3.8, 4) is 23.3 Å². The number of methoxy groups -OCH3 is 1. The van der Waals surface area contributed by atoms with Gasteiger partial charge < -0.3 is 14.6 Å². The first-order valence-corrected chi connectivity index (χ1v) is 5.37. The SMILES string of the molecule is COC(=O)COc1nc(-c2cccnc2O)n(C)n1. The van der Waals surface area contributed by atoms with E-state index in [0.717, 1.165) is 0 Å². The second kappa shape index (κ2) is 5.34. The molecule has 1 N–H and O–H groups in total. The average Bonchev–Trinajstić information content (AvgIpc) is 2.77. The number of rotatable bonds is 4. The molecular weight excluding hydrogens is 252 g/mol. The molecule has 0 aromatic carbocycles. The Morgan fingerprint density at radius 3 is 3.00 bits per heavy atom. The number of nitrogens with zero attached hydrogens (tertiary/aromatic N) is 4. The molecule has 2 aromatic rings. The van der Waals surface area contributed by atoms with Gasteiger partial charge in [0.05, 0.1) is 12.7 Å². The Labute approximate surface area is 108 Å². The number of esters is 1. The van der Waals surface area contributed by atoms with Crippen molar-refractivity contribution in [2.45, 2.75) is 0 Å². The first kappa shape index (κ1) is 12.8. The summed E-state index contributed by atoms with van der Waals surface area (Å²) in [7, 11) is 2.90. The smallest absolute Gasteiger partial charge is 0.344 e. The molecule has 0 radical (unpaired) electrons. The van der Waals surface area contributed by atoms with E-state index in [4.69, 9.17) is 4.74 Å². The van der Waals surface area contributed by atoms with Gasteiger partial charge >= 0.3 is 12.0 Å². The van der Waals surface area contributed by atoms with E-state index < -0.39 is 5.97 Å². The number of aromatic nitrogens is 4. The van der Waals surface area contributed by atoms with E-state index in [-0.39, 0.29) is 18.5 Å². The molecule has 2 rings (SSSR count). The first-order valence-electron chi connectivity index (χ1n) is 5.37. The van der Waals surface area contributed by atoms with Crippen LogP contribution in [0.3, 0.4) is 0 Å². The molecule has 2 aromatic heterocycles. The number of carbonyl (C=O) groups is 1. The fourth-order valence-electron chi connectivity index (χ4n) is 1.41. The van der Waals surface area contributed by atoms with Gasteiger partial charge in [0, 0.05) is 13.2 Å². The lowest BCUT2D eigenvalue weighted by atomic mass is 10.2. The van der Waals surface area contributed by atoms with Crippen molar-refractivity contribution in [2.75, 3.05) is 13.7 Å². The molecule has 19 heavy (non-hydrogen) atoms. The zero-order valence-electron chi connectivity index (χ0n) is 10.4. The third-order valence-electron chi connectivity index (χ3n) is 2.32. The van der Waals surface area contributed by atoms with Gasteiger partial charge in [-0.05, 0) is 12.1 Å². The Kier molecular flexibility index (Phi) is 3.60. The summed E-state index contributed by atoms with van der Waals surface area (Å²) in [5, 5.41) is 13.6. The maximum absolute atomic E-state index is 10.9. The molecule has 0 atom stereocenters. The molecule has 0 unspecified atom stereocenters. The van der Waals surface area contributed by atoms with E-state index in [2.05, 4.69) is 19.8 Å². The predicted molar refractivity (Wildman–Crippen MR) is 63.4 cm³/mol. The third-order valence-corrected chi connectivity index (χ3v) is 2.32. The number of aryl methyl sites for hydroxylation is 1. The first-order chi connectivity index (χ1) is 9.11. The molecule has 0 saturated carbocycles. The summed E-state index contributed by atoms with van der Waals surface area (Å²) in [5.74, 6) is -0.304. The van der Waals surface area contributed by atoms with Gasteiger partial charge in [0.1, 0.15) is 0 Å². The lowest BCUT2D eigenvalue weighted by Crippen LogP contribution is -2.13. The van der Waals surface area contributed by atoms with Gasteiger partial charge in [-0.25, -0.2) is 14.5 Å². The van der Waals surface area contributed by atoms with Crippen LogP contribution in [-0.4, -0.2) is 44.5 Å².